The lowest BCUT2D eigenvalue weighted by Crippen LogP contribution is -2.24. The van der Waals surface area contributed by atoms with Gasteiger partial charge in [0.2, 0.25) is 0 Å². The molecule has 0 bridgehead atoms. The van der Waals surface area contributed by atoms with Gasteiger partial charge < -0.3 is 4.74 Å². The highest BCUT2D eigenvalue weighted by Gasteiger charge is 2.23. The highest BCUT2D eigenvalue weighted by molar-refractivity contribution is 5.88. The largest absolute Gasteiger partial charge is 0.455 e. The first-order chi connectivity index (χ1) is 7.35. The Bertz CT molecular complexity index is 377. The molecule has 1 aromatic heterocycles. The summed E-state index contributed by atoms with van der Waals surface area (Å²) in [5.74, 6) is -0.410. The fourth-order valence-electron chi connectivity index (χ4n) is 1.30. The molecule has 0 aliphatic carbocycles. The quantitative estimate of drug-likeness (QED) is 0.738. The molecule has 0 saturated heterocycles. The van der Waals surface area contributed by atoms with E-state index in [1.54, 1.807) is 4.68 Å². The number of esters is 1. The Kier molecular flexibility index (Phi) is 3.67. The summed E-state index contributed by atoms with van der Waals surface area (Å²) in [4.78, 5) is 11.8. The zero-order valence-corrected chi connectivity index (χ0v) is 10.6. The number of carbonyl (C=O) groups excluding carboxylic acids is 1. The van der Waals surface area contributed by atoms with Crippen molar-refractivity contribution >= 4 is 5.97 Å². The Labute approximate surface area is 95.8 Å². The molecule has 0 aromatic carbocycles. The molecule has 0 spiro atoms. The molecule has 1 heterocycles. The standard InChI is InChI=1S/C11H19N3O2/c1-6-7-14-8(2)9(12-13-14)10(15)16-11(3,4)5/h6-7H2,1-5H3. The van der Waals surface area contributed by atoms with Gasteiger partial charge in [-0.2, -0.15) is 0 Å². The summed E-state index contributed by atoms with van der Waals surface area (Å²) in [6.45, 7) is 10.1. The zero-order chi connectivity index (χ0) is 12.3. The number of hydrogen-bond acceptors (Lipinski definition) is 4. The summed E-state index contributed by atoms with van der Waals surface area (Å²) in [5.41, 5.74) is 0.567. The summed E-state index contributed by atoms with van der Waals surface area (Å²) < 4.78 is 6.96. The zero-order valence-electron chi connectivity index (χ0n) is 10.6. The van der Waals surface area contributed by atoms with E-state index in [4.69, 9.17) is 4.74 Å². The smallest absolute Gasteiger partial charge is 0.361 e. The van der Waals surface area contributed by atoms with E-state index in [-0.39, 0.29) is 0 Å². The predicted molar refractivity (Wildman–Crippen MR) is 60.2 cm³/mol. The lowest BCUT2D eigenvalue weighted by atomic mass is 10.2. The van der Waals surface area contributed by atoms with Gasteiger partial charge in [0, 0.05) is 6.54 Å². The van der Waals surface area contributed by atoms with Crippen LogP contribution in [0.3, 0.4) is 0 Å². The molecule has 0 aliphatic heterocycles. The van der Waals surface area contributed by atoms with Gasteiger partial charge in [-0.1, -0.05) is 12.1 Å². The van der Waals surface area contributed by atoms with E-state index in [1.165, 1.54) is 0 Å². The Morgan fingerprint density at radius 3 is 2.56 bits per heavy atom. The highest BCUT2D eigenvalue weighted by atomic mass is 16.6. The maximum absolute atomic E-state index is 11.8. The van der Waals surface area contributed by atoms with E-state index in [0.29, 0.717) is 5.69 Å². The summed E-state index contributed by atoms with van der Waals surface area (Å²) in [7, 11) is 0. The van der Waals surface area contributed by atoms with Crippen LogP contribution in [-0.4, -0.2) is 26.6 Å². The maximum Gasteiger partial charge on any atom is 0.361 e. The summed E-state index contributed by atoms with van der Waals surface area (Å²) in [6.07, 6.45) is 0.956. The van der Waals surface area contributed by atoms with Gasteiger partial charge in [-0.25, -0.2) is 9.48 Å². The molecule has 0 N–H and O–H groups in total. The normalized spacial score (nSPS) is 11.6. The Morgan fingerprint density at radius 1 is 1.44 bits per heavy atom. The van der Waals surface area contributed by atoms with Crippen LogP contribution in [0.15, 0.2) is 0 Å². The summed E-state index contributed by atoms with van der Waals surface area (Å²) >= 11 is 0. The minimum atomic E-state index is -0.502. The highest BCUT2D eigenvalue weighted by Crippen LogP contribution is 2.13. The van der Waals surface area contributed by atoms with Crippen LogP contribution in [0.5, 0.6) is 0 Å². The first kappa shape index (κ1) is 12.7. The predicted octanol–water partition coefficient (Wildman–Crippen LogP) is 1.95. The van der Waals surface area contributed by atoms with Crippen LogP contribution < -0.4 is 0 Å². The van der Waals surface area contributed by atoms with E-state index in [1.807, 2.05) is 34.6 Å². The van der Waals surface area contributed by atoms with Gasteiger partial charge in [0.05, 0.1) is 5.69 Å². The molecule has 0 aliphatic rings. The number of ether oxygens (including phenoxy) is 1. The second-order valence-corrected chi connectivity index (χ2v) is 4.75. The van der Waals surface area contributed by atoms with Crippen LogP contribution in [0.4, 0.5) is 0 Å². The van der Waals surface area contributed by atoms with Crippen molar-refractivity contribution in [2.24, 2.45) is 0 Å². The second kappa shape index (κ2) is 4.63. The number of hydrogen-bond donors (Lipinski definition) is 0. The third-order valence-electron chi connectivity index (χ3n) is 2.01. The fourth-order valence-corrected chi connectivity index (χ4v) is 1.30. The van der Waals surface area contributed by atoms with Crippen molar-refractivity contribution in [3.63, 3.8) is 0 Å². The Balaban J connectivity index is 2.84. The van der Waals surface area contributed by atoms with Crippen molar-refractivity contribution in [1.29, 1.82) is 0 Å². The van der Waals surface area contributed by atoms with Crippen molar-refractivity contribution in [3.05, 3.63) is 11.4 Å². The van der Waals surface area contributed by atoms with E-state index < -0.39 is 11.6 Å². The van der Waals surface area contributed by atoms with E-state index in [0.717, 1.165) is 18.7 Å². The first-order valence-corrected chi connectivity index (χ1v) is 5.48. The second-order valence-electron chi connectivity index (χ2n) is 4.75. The van der Waals surface area contributed by atoms with Crippen LogP contribution >= 0.6 is 0 Å². The number of carbonyl (C=O) groups is 1. The fraction of sp³-hybridized carbons (Fsp3) is 0.727. The Morgan fingerprint density at radius 2 is 2.06 bits per heavy atom. The van der Waals surface area contributed by atoms with E-state index in [2.05, 4.69) is 10.3 Å². The van der Waals surface area contributed by atoms with Crippen molar-refractivity contribution in [2.75, 3.05) is 0 Å². The number of rotatable bonds is 3. The van der Waals surface area contributed by atoms with Gasteiger partial charge in [0.1, 0.15) is 5.60 Å². The molecule has 0 radical (unpaired) electrons. The molecule has 16 heavy (non-hydrogen) atoms. The van der Waals surface area contributed by atoms with Crippen LogP contribution in [0.2, 0.25) is 0 Å². The lowest BCUT2D eigenvalue weighted by Gasteiger charge is -2.18. The van der Waals surface area contributed by atoms with Gasteiger partial charge >= 0.3 is 5.97 Å². The SMILES string of the molecule is CCCn1nnc(C(=O)OC(C)(C)C)c1C. The Hall–Kier alpha value is -1.39. The van der Waals surface area contributed by atoms with Crippen molar-refractivity contribution in [2.45, 2.75) is 53.2 Å². The van der Waals surface area contributed by atoms with Gasteiger partial charge in [-0.05, 0) is 34.1 Å². The average Bonchev–Trinajstić information content (AvgIpc) is 2.46. The van der Waals surface area contributed by atoms with Gasteiger partial charge in [-0.3, -0.25) is 0 Å². The minimum absolute atomic E-state index is 0.309. The van der Waals surface area contributed by atoms with Crippen LogP contribution in [0.25, 0.3) is 0 Å². The van der Waals surface area contributed by atoms with Crippen molar-refractivity contribution in [3.8, 4) is 0 Å². The van der Waals surface area contributed by atoms with Gasteiger partial charge in [-0.15, -0.1) is 5.10 Å². The molecule has 1 aromatic rings. The summed E-state index contributed by atoms with van der Waals surface area (Å²) in [5, 5.41) is 7.78. The molecule has 0 unspecified atom stereocenters. The van der Waals surface area contributed by atoms with Crippen LogP contribution in [0.1, 0.15) is 50.3 Å². The molecular formula is C11H19N3O2. The molecule has 5 nitrogen and oxygen atoms in total. The first-order valence-electron chi connectivity index (χ1n) is 5.48. The molecule has 0 fully saturated rings. The van der Waals surface area contributed by atoms with Crippen molar-refractivity contribution < 1.29 is 9.53 Å². The van der Waals surface area contributed by atoms with E-state index in [9.17, 15) is 4.79 Å². The maximum atomic E-state index is 11.8. The number of aromatic nitrogens is 3. The molecule has 0 amide bonds. The molecule has 90 valence electrons. The topological polar surface area (TPSA) is 57.0 Å². The molecule has 0 saturated carbocycles. The lowest BCUT2D eigenvalue weighted by molar-refractivity contribution is 0.00619. The third-order valence-corrected chi connectivity index (χ3v) is 2.01. The summed E-state index contributed by atoms with van der Waals surface area (Å²) in [6, 6.07) is 0. The minimum Gasteiger partial charge on any atom is -0.455 e. The van der Waals surface area contributed by atoms with Crippen LogP contribution in [-0.2, 0) is 11.3 Å². The third kappa shape index (κ3) is 3.05. The average molecular weight is 225 g/mol. The van der Waals surface area contributed by atoms with Gasteiger partial charge in [0.15, 0.2) is 5.69 Å². The number of aryl methyl sites for hydroxylation is 1. The molecule has 0 atom stereocenters. The monoisotopic (exact) mass is 225 g/mol. The van der Waals surface area contributed by atoms with Crippen LogP contribution in [0, 0.1) is 6.92 Å². The van der Waals surface area contributed by atoms with Gasteiger partial charge in [0.25, 0.3) is 0 Å². The number of nitrogens with zero attached hydrogens (tertiary/aromatic N) is 3. The van der Waals surface area contributed by atoms with E-state index >= 15 is 0 Å². The molecular weight excluding hydrogens is 206 g/mol. The molecule has 5 heteroatoms. The molecule has 1 rings (SSSR count). The van der Waals surface area contributed by atoms with Crippen molar-refractivity contribution in [1.82, 2.24) is 15.0 Å².